The molecule has 9 radical (unpaired) electrons. The topological polar surface area (TPSA) is 0 Å². The summed E-state index contributed by atoms with van der Waals surface area (Å²) in [5.74, 6) is 1.07. The van der Waals surface area contributed by atoms with Crippen LogP contribution < -0.4 is 0 Å². The first-order valence-corrected chi connectivity index (χ1v) is 3.55. The molecule has 0 aromatic rings. The van der Waals surface area contributed by atoms with Gasteiger partial charge in [0, 0.05) is 31.6 Å². The van der Waals surface area contributed by atoms with Crippen molar-refractivity contribution in [3.8, 4) is 0 Å². The summed E-state index contributed by atoms with van der Waals surface area (Å²) in [6, 6.07) is 0. The van der Waals surface area contributed by atoms with E-state index in [9.17, 15) is 0 Å². The highest BCUT2D eigenvalue weighted by atomic mass is 14.3. The number of hydrogen-bond acceptors (Lipinski definition) is 0. The second kappa shape index (κ2) is 2.77. The molecule has 0 aromatic heterocycles. The van der Waals surface area contributed by atoms with Gasteiger partial charge in [-0.2, -0.15) is 0 Å². The molecule has 1 fully saturated rings. The molecule has 0 aliphatic heterocycles. The summed E-state index contributed by atoms with van der Waals surface area (Å²) in [7, 11) is 0. The zero-order valence-corrected chi connectivity index (χ0v) is 5.70. The average Bonchev–Trinajstić information content (AvgIpc) is 2.59. The smallest absolute Gasteiger partial charge is 0.0166 e. The predicted molar refractivity (Wildman–Crippen MR) is 38.1 cm³/mol. The lowest BCUT2D eigenvalue weighted by Gasteiger charge is -2.06. The van der Waals surface area contributed by atoms with Gasteiger partial charge in [0.15, 0.2) is 0 Å². The normalized spacial score (nSPS) is 27.4. The van der Waals surface area contributed by atoms with Gasteiger partial charge in [-0.05, 0) is 19.3 Å². The van der Waals surface area contributed by atoms with E-state index in [0.717, 1.165) is 5.92 Å². The van der Waals surface area contributed by atoms with Crippen molar-refractivity contribution < 1.29 is 0 Å². The van der Waals surface area contributed by atoms with Gasteiger partial charge in [0.25, 0.3) is 0 Å². The van der Waals surface area contributed by atoms with E-state index < -0.39 is 0 Å². The fourth-order valence-corrected chi connectivity index (χ4v) is 1.28. The molecule has 0 saturated heterocycles. The van der Waals surface area contributed by atoms with Crippen molar-refractivity contribution >= 4 is 0 Å². The van der Waals surface area contributed by atoms with Crippen LogP contribution in [0.2, 0.25) is 0 Å². The maximum atomic E-state index is 2.97. The fraction of sp³-hybridized carbons (Fsp3) is 0.300. The summed E-state index contributed by atoms with van der Waals surface area (Å²) in [6.07, 6.45) is 17.4. The van der Waals surface area contributed by atoms with E-state index in [2.05, 4.69) is 31.8 Å². The Bertz CT molecular complexity index is 138. The highest BCUT2D eigenvalue weighted by Gasteiger charge is 2.23. The van der Waals surface area contributed by atoms with Crippen LogP contribution in [0.4, 0.5) is 0 Å². The summed E-state index contributed by atoms with van der Waals surface area (Å²) in [6.45, 7) is 0. The Morgan fingerprint density at radius 2 is 2.00 bits per heavy atom. The Morgan fingerprint density at radius 3 is 2.60 bits per heavy atom. The van der Waals surface area contributed by atoms with E-state index in [4.69, 9.17) is 0 Å². The summed E-state index contributed by atoms with van der Waals surface area (Å²) >= 11 is 0. The van der Waals surface area contributed by atoms with Crippen molar-refractivity contribution in [2.45, 2.75) is 19.3 Å². The SMILES string of the molecule is [C]1[C][C][C](C2=CCCC2)[C]1. The van der Waals surface area contributed by atoms with Crippen LogP contribution in [0.1, 0.15) is 19.3 Å². The van der Waals surface area contributed by atoms with Crippen LogP contribution in [0.5, 0.6) is 0 Å². The largest absolute Gasteiger partial charge is 0.0847 e. The van der Waals surface area contributed by atoms with Crippen molar-refractivity contribution in [1.29, 1.82) is 0 Å². The number of hydrogen-bond donors (Lipinski definition) is 0. The first-order chi connectivity index (χ1) is 4.97. The molecule has 0 spiro atoms. The van der Waals surface area contributed by atoms with E-state index in [-0.39, 0.29) is 0 Å². The van der Waals surface area contributed by atoms with Crippen LogP contribution in [0.15, 0.2) is 11.6 Å². The third-order valence-electron chi connectivity index (χ3n) is 1.80. The molecule has 2 rings (SSSR count). The molecule has 2 aliphatic rings. The minimum Gasteiger partial charge on any atom is -0.0847 e. The van der Waals surface area contributed by atoms with E-state index >= 15 is 0 Å². The molecule has 0 heterocycles. The van der Waals surface area contributed by atoms with Crippen molar-refractivity contribution in [2.24, 2.45) is 0 Å². The molecule has 47 valence electrons. The highest BCUT2D eigenvalue weighted by molar-refractivity contribution is 5.48. The Hall–Kier alpha value is -0.260. The van der Waals surface area contributed by atoms with Crippen molar-refractivity contribution in [2.75, 3.05) is 0 Å². The second-order valence-electron chi connectivity index (χ2n) is 2.50. The van der Waals surface area contributed by atoms with Gasteiger partial charge in [-0.1, -0.05) is 11.6 Å². The molecule has 2 aliphatic carbocycles. The van der Waals surface area contributed by atoms with E-state index in [1.165, 1.54) is 24.8 Å². The van der Waals surface area contributed by atoms with Crippen molar-refractivity contribution in [3.05, 3.63) is 43.3 Å². The molecular weight excluding hydrogens is 120 g/mol. The van der Waals surface area contributed by atoms with E-state index in [1.807, 2.05) is 0 Å². The zero-order valence-electron chi connectivity index (χ0n) is 5.70. The van der Waals surface area contributed by atoms with Crippen molar-refractivity contribution in [3.63, 3.8) is 0 Å². The minimum absolute atomic E-state index is 1.07. The fourth-order valence-electron chi connectivity index (χ4n) is 1.28. The maximum absolute atomic E-state index is 2.97. The van der Waals surface area contributed by atoms with Gasteiger partial charge in [-0.25, -0.2) is 0 Å². The van der Waals surface area contributed by atoms with Gasteiger partial charge in [0.1, 0.15) is 0 Å². The highest BCUT2D eigenvalue weighted by Crippen LogP contribution is 2.35. The quantitative estimate of drug-likeness (QED) is 0.505. The molecule has 10 heavy (non-hydrogen) atoms. The predicted octanol–water partition coefficient (Wildman–Crippen LogP) is 2.01. The lowest BCUT2D eigenvalue weighted by molar-refractivity contribution is 0.900. The molecule has 0 amide bonds. The van der Waals surface area contributed by atoms with Gasteiger partial charge in [0.05, 0.1) is 0 Å². The molecule has 0 unspecified atom stereocenters. The Labute approximate surface area is 63.3 Å². The Balaban J connectivity index is 1.97. The molecule has 0 heteroatoms. The zero-order chi connectivity index (χ0) is 6.81. The van der Waals surface area contributed by atoms with Gasteiger partial charge in [-0.15, -0.1) is 0 Å². The van der Waals surface area contributed by atoms with Gasteiger partial charge >= 0.3 is 0 Å². The number of allylic oxidation sites excluding steroid dienone is 2. The molecular formula is C10H7. The van der Waals surface area contributed by atoms with Crippen LogP contribution >= 0.6 is 0 Å². The van der Waals surface area contributed by atoms with Gasteiger partial charge in [-0.3, -0.25) is 0 Å². The van der Waals surface area contributed by atoms with Gasteiger partial charge < -0.3 is 0 Å². The van der Waals surface area contributed by atoms with E-state index in [0.29, 0.717) is 0 Å². The molecule has 1 saturated carbocycles. The molecule has 0 N–H and O–H groups in total. The van der Waals surface area contributed by atoms with Crippen LogP contribution in [-0.2, 0) is 0 Å². The second-order valence-corrected chi connectivity index (χ2v) is 2.50. The van der Waals surface area contributed by atoms with Crippen LogP contribution in [0, 0.1) is 31.6 Å². The van der Waals surface area contributed by atoms with Crippen molar-refractivity contribution in [1.82, 2.24) is 0 Å². The Kier molecular flexibility index (Phi) is 1.79. The average molecular weight is 127 g/mol. The van der Waals surface area contributed by atoms with Crippen LogP contribution in [0.25, 0.3) is 0 Å². The third-order valence-corrected chi connectivity index (χ3v) is 1.80. The monoisotopic (exact) mass is 127 g/mol. The molecule has 0 nitrogen and oxygen atoms in total. The molecule has 0 aromatic carbocycles. The summed E-state index contributed by atoms with van der Waals surface area (Å²) in [4.78, 5) is 0. The molecule has 0 atom stereocenters. The minimum atomic E-state index is 1.07. The summed E-state index contributed by atoms with van der Waals surface area (Å²) in [5, 5.41) is 0. The first-order valence-electron chi connectivity index (χ1n) is 3.55. The Morgan fingerprint density at radius 1 is 1.20 bits per heavy atom. The molecule has 0 bridgehead atoms. The lowest BCUT2D eigenvalue weighted by Crippen LogP contribution is -1.93. The standard InChI is InChI=1S/C10H7/c1-2-6-9(5-1)10-7-3-4-8-10/h5H,1-2,6H2. The number of rotatable bonds is 1. The summed E-state index contributed by atoms with van der Waals surface area (Å²) in [5.41, 5.74) is 1.37. The van der Waals surface area contributed by atoms with Crippen LogP contribution in [-0.4, -0.2) is 0 Å². The summed E-state index contributed by atoms with van der Waals surface area (Å²) < 4.78 is 0. The van der Waals surface area contributed by atoms with Gasteiger partial charge in [0.2, 0.25) is 0 Å². The third kappa shape index (κ3) is 1.12. The van der Waals surface area contributed by atoms with E-state index in [1.54, 1.807) is 0 Å². The maximum Gasteiger partial charge on any atom is 0.0166 e. The first kappa shape index (κ1) is 6.45. The van der Waals surface area contributed by atoms with Crippen LogP contribution in [0.3, 0.4) is 0 Å². The lowest BCUT2D eigenvalue weighted by atomic mass is 9.97.